The molecule has 1 atom stereocenters. The maximum atomic E-state index is 14.2. The van der Waals surface area contributed by atoms with Gasteiger partial charge in [-0.3, -0.25) is 0 Å². The first-order valence-electron chi connectivity index (χ1n) is 15.1. The van der Waals surface area contributed by atoms with E-state index in [0.717, 1.165) is 60.9 Å². The Hall–Kier alpha value is -2.94. The van der Waals surface area contributed by atoms with E-state index in [4.69, 9.17) is 4.74 Å². The summed E-state index contributed by atoms with van der Waals surface area (Å²) in [5.41, 5.74) is 1.23. The van der Waals surface area contributed by atoms with E-state index in [0.29, 0.717) is 31.2 Å². The fourth-order valence-electron chi connectivity index (χ4n) is 4.81. The summed E-state index contributed by atoms with van der Waals surface area (Å²) < 4.78 is 33.4. The molecule has 0 fully saturated rings. The normalized spacial score (nSPS) is 12.2. The van der Waals surface area contributed by atoms with Crippen molar-refractivity contribution < 1.29 is 57.8 Å². The molecular formula is C35H43F2N2NaO4. The van der Waals surface area contributed by atoms with Gasteiger partial charge < -0.3 is 24.9 Å². The van der Waals surface area contributed by atoms with Crippen LogP contribution >= 0.6 is 0 Å². The first-order chi connectivity index (χ1) is 20.5. The van der Waals surface area contributed by atoms with Gasteiger partial charge >= 0.3 is 35.6 Å². The largest absolute Gasteiger partial charge is 1.00 e. The number of hydrogen-bond acceptors (Lipinski definition) is 4. The zero-order chi connectivity index (χ0) is 31.4. The van der Waals surface area contributed by atoms with Gasteiger partial charge in [0, 0.05) is 25.6 Å². The van der Waals surface area contributed by atoms with Crippen molar-refractivity contribution in [2.45, 2.75) is 84.2 Å². The maximum absolute atomic E-state index is 14.2. The minimum Gasteiger partial charge on any atom is -0.546 e. The molecule has 9 heteroatoms. The molecule has 1 N–H and O–H groups in total. The van der Waals surface area contributed by atoms with E-state index in [9.17, 15) is 23.5 Å². The topological polar surface area (TPSA) is 81.7 Å². The zero-order valence-corrected chi connectivity index (χ0v) is 28.6. The number of benzene rings is 3. The van der Waals surface area contributed by atoms with Gasteiger partial charge in [0.2, 0.25) is 0 Å². The average Bonchev–Trinajstić information content (AvgIpc) is 2.97. The quantitative estimate of drug-likeness (QED) is 0.193. The molecule has 0 aliphatic rings. The number of halogens is 2. The molecule has 3 rings (SSSR count). The van der Waals surface area contributed by atoms with E-state index in [1.54, 1.807) is 17.0 Å². The molecule has 2 amide bonds. The third-order valence-corrected chi connectivity index (χ3v) is 7.55. The van der Waals surface area contributed by atoms with Crippen molar-refractivity contribution in [3.63, 3.8) is 0 Å². The van der Waals surface area contributed by atoms with E-state index in [1.807, 2.05) is 36.4 Å². The summed E-state index contributed by atoms with van der Waals surface area (Å²) in [5.74, 6) is -2.03. The van der Waals surface area contributed by atoms with Crippen molar-refractivity contribution in [1.82, 2.24) is 4.90 Å². The van der Waals surface area contributed by atoms with Crippen LogP contribution in [0.1, 0.15) is 82.4 Å². The van der Waals surface area contributed by atoms with Crippen LogP contribution in [0.2, 0.25) is 0 Å². The number of carboxylic acids is 1. The predicted octanol–water partition coefficient (Wildman–Crippen LogP) is 4.27. The summed E-state index contributed by atoms with van der Waals surface area (Å²) in [7, 11) is 0. The molecule has 0 saturated carbocycles. The van der Waals surface area contributed by atoms with Gasteiger partial charge in [-0.15, -0.1) is 0 Å². The van der Waals surface area contributed by atoms with Gasteiger partial charge in [-0.1, -0.05) is 82.9 Å². The van der Waals surface area contributed by atoms with Gasteiger partial charge in [-0.05, 0) is 66.6 Å². The Morgan fingerprint density at radius 1 is 0.909 bits per heavy atom. The predicted molar refractivity (Wildman–Crippen MR) is 164 cm³/mol. The van der Waals surface area contributed by atoms with E-state index in [1.165, 1.54) is 13.0 Å². The van der Waals surface area contributed by atoms with Crippen molar-refractivity contribution in [3.8, 4) is 5.75 Å². The van der Waals surface area contributed by atoms with Gasteiger partial charge in [-0.2, -0.15) is 0 Å². The number of rotatable bonds is 16. The third-order valence-electron chi connectivity index (χ3n) is 7.55. The molecule has 3 aromatic carbocycles. The summed E-state index contributed by atoms with van der Waals surface area (Å²) >= 11 is 0. The van der Waals surface area contributed by atoms with Crippen molar-refractivity contribution in [2.24, 2.45) is 0 Å². The van der Waals surface area contributed by atoms with Gasteiger partial charge in [-0.25, -0.2) is 13.6 Å². The number of aliphatic carboxylic acids is 1. The minimum absolute atomic E-state index is 0. The van der Waals surface area contributed by atoms with E-state index < -0.39 is 29.2 Å². The van der Waals surface area contributed by atoms with Crippen LogP contribution in [0.25, 0.3) is 0 Å². The van der Waals surface area contributed by atoms with Gasteiger partial charge in [0.15, 0.2) is 0 Å². The molecule has 6 nitrogen and oxygen atoms in total. The van der Waals surface area contributed by atoms with Gasteiger partial charge in [0.25, 0.3) is 0 Å². The molecule has 3 aromatic rings. The molecular weight excluding hydrogens is 573 g/mol. The monoisotopic (exact) mass is 616 g/mol. The average molecular weight is 617 g/mol. The van der Waals surface area contributed by atoms with Crippen LogP contribution in [0.15, 0.2) is 66.7 Å². The Labute approximate surface area is 282 Å². The SMILES string of the molecule is CCCCCCCN(CCc1ccc(CC(C)(Oc2ccc(C(C)C)cc2)C(=O)[O-])cc1)C(=O)Nc1ccc(F)cc1F.[Na+]. The molecule has 0 aliphatic heterocycles. The number of carbonyl (C=O) groups is 2. The van der Waals surface area contributed by atoms with Crippen LogP contribution in [0, 0.1) is 11.6 Å². The maximum Gasteiger partial charge on any atom is 1.00 e. The Bertz CT molecular complexity index is 1340. The number of anilines is 1. The second-order valence-electron chi connectivity index (χ2n) is 11.5. The first-order valence-corrected chi connectivity index (χ1v) is 15.1. The Morgan fingerprint density at radius 3 is 2.14 bits per heavy atom. The number of nitrogens with one attached hydrogen (secondary N) is 1. The number of urea groups is 1. The van der Waals surface area contributed by atoms with E-state index in [-0.39, 0.29) is 41.7 Å². The van der Waals surface area contributed by atoms with E-state index >= 15 is 0 Å². The first kappa shape index (κ1) is 37.2. The van der Waals surface area contributed by atoms with Crippen LogP contribution < -0.4 is 44.7 Å². The minimum atomic E-state index is -1.57. The van der Waals surface area contributed by atoms with Crippen molar-refractivity contribution in [3.05, 3.63) is 95.1 Å². The number of carbonyl (C=O) groups excluding carboxylic acids is 2. The van der Waals surface area contributed by atoms with Crippen molar-refractivity contribution in [1.29, 1.82) is 0 Å². The van der Waals surface area contributed by atoms with Crippen molar-refractivity contribution in [2.75, 3.05) is 18.4 Å². The molecule has 0 aliphatic carbocycles. The van der Waals surface area contributed by atoms with Crippen LogP contribution in [0.3, 0.4) is 0 Å². The number of ether oxygens (including phenoxy) is 1. The second-order valence-corrected chi connectivity index (χ2v) is 11.5. The Balaban J connectivity index is 0.00000675. The van der Waals surface area contributed by atoms with Gasteiger partial charge in [0.1, 0.15) is 23.0 Å². The Kier molecular flexibility index (Phi) is 15.3. The number of nitrogens with zero attached hydrogens (tertiary/aromatic N) is 1. The molecule has 232 valence electrons. The number of unbranched alkanes of at least 4 members (excludes halogenated alkanes) is 4. The standard InChI is InChI=1S/C35H44F2N2O4.Na/c1-5-6-7-8-9-21-39(34(42)38-32-19-16-29(36)23-31(32)37)22-20-26-10-12-27(13-11-26)24-35(4,33(40)41)43-30-17-14-28(15-18-30)25(2)3;/h10-19,23,25H,5-9,20-22,24H2,1-4H3,(H,38,42)(H,40,41);/q;+1/p-1. The van der Waals surface area contributed by atoms with Crippen LogP contribution in [0.5, 0.6) is 5.75 Å². The Morgan fingerprint density at radius 2 is 1.55 bits per heavy atom. The smallest absolute Gasteiger partial charge is 0.546 e. The summed E-state index contributed by atoms with van der Waals surface area (Å²) in [6, 6.07) is 17.5. The number of carboxylic acid groups (broad SMARTS) is 1. The van der Waals surface area contributed by atoms with Crippen LogP contribution in [-0.2, 0) is 17.6 Å². The summed E-state index contributed by atoms with van der Waals surface area (Å²) in [6.07, 6.45) is 5.79. The zero-order valence-electron chi connectivity index (χ0n) is 26.6. The second kappa shape index (κ2) is 18.1. The molecule has 0 bridgehead atoms. The molecule has 0 radical (unpaired) electrons. The van der Waals surface area contributed by atoms with Crippen LogP contribution in [0.4, 0.5) is 19.3 Å². The summed E-state index contributed by atoms with van der Waals surface area (Å²) in [4.78, 5) is 26.8. The van der Waals surface area contributed by atoms with Gasteiger partial charge in [0.05, 0.1) is 11.7 Å². The number of amides is 2. The molecule has 0 heterocycles. The molecule has 44 heavy (non-hydrogen) atoms. The van der Waals surface area contributed by atoms with Crippen LogP contribution in [-0.4, -0.2) is 35.6 Å². The molecule has 0 spiro atoms. The molecule has 1 unspecified atom stereocenters. The van der Waals surface area contributed by atoms with E-state index in [2.05, 4.69) is 26.1 Å². The summed E-state index contributed by atoms with van der Waals surface area (Å²) in [6.45, 7) is 8.72. The summed E-state index contributed by atoms with van der Waals surface area (Å²) in [5, 5.41) is 14.7. The molecule has 0 aromatic heterocycles. The number of hydrogen-bond donors (Lipinski definition) is 1. The fraction of sp³-hybridized carbons (Fsp3) is 0.429. The van der Waals surface area contributed by atoms with Crippen molar-refractivity contribution >= 4 is 17.7 Å². The molecule has 0 saturated heterocycles. The fourth-order valence-corrected chi connectivity index (χ4v) is 4.81. The third kappa shape index (κ3) is 11.5.